The number of aryl methyl sites for hydroxylation is 2. The monoisotopic (exact) mass is 336 g/mol. The summed E-state index contributed by atoms with van der Waals surface area (Å²) in [4.78, 5) is 27.8. The first kappa shape index (κ1) is 16.8. The van der Waals surface area contributed by atoms with Gasteiger partial charge in [-0.25, -0.2) is 4.79 Å². The van der Waals surface area contributed by atoms with Crippen molar-refractivity contribution < 1.29 is 14.3 Å². The number of benzene rings is 2. The van der Waals surface area contributed by atoms with Gasteiger partial charge < -0.3 is 15.0 Å². The van der Waals surface area contributed by atoms with Gasteiger partial charge in [-0.05, 0) is 38.0 Å². The van der Waals surface area contributed by atoms with Crippen LogP contribution in [0.3, 0.4) is 0 Å². The van der Waals surface area contributed by atoms with Crippen LogP contribution in [0.4, 0.5) is 5.69 Å². The topological polar surface area (TPSA) is 71.2 Å². The van der Waals surface area contributed by atoms with Crippen molar-refractivity contribution in [2.75, 3.05) is 5.32 Å². The second-order valence-electron chi connectivity index (χ2n) is 6.05. The lowest BCUT2D eigenvalue weighted by atomic mass is 10.1. The molecule has 5 heteroatoms. The van der Waals surface area contributed by atoms with Crippen LogP contribution in [0.2, 0.25) is 0 Å². The van der Waals surface area contributed by atoms with Gasteiger partial charge in [-0.3, -0.25) is 4.79 Å². The minimum absolute atomic E-state index is 0.356. The minimum Gasteiger partial charge on any atom is -0.449 e. The van der Waals surface area contributed by atoms with Crippen LogP contribution in [0, 0.1) is 13.8 Å². The molecule has 1 amide bonds. The molecule has 0 bridgehead atoms. The molecule has 1 aromatic heterocycles. The number of esters is 1. The van der Waals surface area contributed by atoms with Gasteiger partial charge >= 0.3 is 5.97 Å². The van der Waals surface area contributed by atoms with Crippen LogP contribution in [-0.4, -0.2) is 23.0 Å². The van der Waals surface area contributed by atoms with Gasteiger partial charge in [0.1, 0.15) is 0 Å². The van der Waals surface area contributed by atoms with Gasteiger partial charge in [0.2, 0.25) is 0 Å². The Morgan fingerprint density at radius 2 is 1.72 bits per heavy atom. The van der Waals surface area contributed by atoms with Gasteiger partial charge in [-0.1, -0.05) is 36.4 Å². The van der Waals surface area contributed by atoms with E-state index < -0.39 is 12.1 Å². The highest BCUT2D eigenvalue weighted by Crippen LogP contribution is 2.21. The Morgan fingerprint density at radius 3 is 2.44 bits per heavy atom. The number of fused-ring (bicyclic) bond motifs is 1. The van der Waals surface area contributed by atoms with Crippen LogP contribution in [-0.2, 0) is 9.53 Å². The minimum atomic E-state index is -0.903. The average molecular weight is 336 g/mol. The first-order valence-electron chi connectivity index (χ1n) is 8.11. The Bertz CT molecular complexity index is 923. The zero-order chi connectivity index (χ0) is 18.0. The fraction of sp³-hybridized carbons (Fsp3) is 0.200. The predicted octanol–water partition coefficient (Wildman–Crippen LogP) is 3.97. The van der Waals surface area contributed by atoms with Crippen molar-refractivity contribution in [2.24, 2.45) is 0 Å². The van der Waals surface area contributed by atoms with E-state index in [0.717, 1.165) is 27.7 Å². The molecular formula is C20H20N2O3. The largest absolute Gasteiger partial charge is 0.449 e. The molecule has 0 aliphatic carbocycles. The number of amides is 1. The van der Waals surface area contributed by atoms with Gasteiger partial charge in [-0.15, -0.1) is 0 Å². The third kappa shape index (κ3) is 3.40. The molecule has 1 heterocycles. The number of carbonyl (C=O) groups excluding carboxylic acids is 2. The second kappa shape index (κ2) is 6.81. The van der Waals surface area contributed by atoms with Crippen molar-refractivity contribution in [1.29, 1.82) is 0 Å². The number of nitrogens with one attached hydrogen (secondary N) is 2. The summed E-state index contributed by atoms with van der Waals surface area (Å²) < 4.78 is 5.35. The first-order chi connectivity index (χ1) is 12.0. The Hall–Kier alpha value is -3.08. The first-order valence-corrected chi connectivity index (χ1v) is 8.11. The van der Waals surface area contributed by atoms with E-state index in [-0.39, 0.29) is 5.91 Å². The zero-order valence-corrected chi connectivity index (χ0v) is 14.4. The lowest BCUT2D eigenvalue weighted by Gasteiger charge is -2.16. The molecule has 3 rings (SSSR count). The summed E-state index contributed by atoms with van der Waals surface area (Å²) in [6.07, 6.45) is 0.698. The van der Waals surface area contributed by atoms with Gasteiger partial charge in [-0.2, -0.15) is 0 Å². The maximum absolute atomic E-state index is 12.4. The zero-order valence-electron chi connectivity index (χ0n) is 14.4. The molecule has 1 unspecified atom stereocenters. The van der Waals surface area contributed by atoms with Crippen LogP contribution < -0.4 is 5.32 Å². The number of rotatable bonds is 4. The van der Waals surface area contributed by atoms with Crippen LogP contribution in [0.5, 0.6) is 0 Å². The summed E-state index contributed by atoms with van der Waals surface area (Å²) >= 11 is 0. The summed E-state index contributed by atoms with van der Waals surface area (Å²) in [6.45, 7) is 5.41. The van der Waals surface area contributed by atoms with E-state index in [1.54, 1.807) is 13.1 Å². The number of aromatic nitrogens is 1. The maximum Gasteiger partial charge on any atom is 0.341 e. The molecule has 5 nitrogen and oxygen atoms in total. The summed E-state index contributed by atoms with van der Waals surface area (Å²) in [6, 6.07) is 13.2. The SMILES string of the molecule is Cc1cccc(C)c1NC(=O)C(C)OC(=O)c1c[nH]c2ccccc12. The summed E-state index contributed by atoms with van der Waals surface area (Å²) in [5.41, 5.74) is 3.94. The van der Waals surface area contributed by atoms with Gasteiger partial charge in [0.05, 0.1) is 5.56 Å². The standard InChI is InChI=1S/C20H20N2O3/c1-12-7-6-8-13(2)18(12)22-19(23)14(3)25-20(24)16-11-21-17-10-5-4-9-15(16)17/h4-11,14,21H,1-3H3,(H,22,23). The van der Waals surface area contributed by atoms with Crippen molar-refractivity contribution in [3.05, 3.63) is 65.4 Å². The number of hydrogen-bond acceptors (Lipinski definition) is 3. The van der Waals surface area contributed by atoms with E-state index in [9.17, 15) is 9.59 Å². The van der Waals surface area contributed by atoms with Crippen molar-refractivity contribution in [2.45, 2.75) is 26.9 Å². The van der Waals surface area contributed by atoms with Crippen molar-refractivity contribution in [1.82, 2.24) is 4.98 Å². The van der Waals surface area contributed by atoms with Crippen molar-refractivity contribution in [3.63, 3.8) is 0 Å². The average Bonchev–Trinajstić information content (AvgIpc) is 3.02. The molecule has 0 aliphatic rings. The lowest BCUT2D eigenvalue weighted by Crippen LogP contribution is -2.30. The predicted molar refractivity (Wildman–Crippen MR) is 97.7 cm³/mol. The Balaban J connectivity index is 1.72. The molecule has 2 N–H and O–H groups in total. The molecule has 0 radical (unpaired) electrons. The number of hydrogen-bond donors (Lipinski definition) is 2. The summed E-state index contributed by atoms with van der Waals surface area (Å²) in [7, 11) is 0. The molecule has 0 saturated carbocycles. The highest BCUT2D eigenvalue weighted by Gasteiger charge is 2.21. The van der Waals surface area contributed by atoms with E-state index in [1.165, 1.54) is 0 Å². The van der Waals surface area contributed by atoms with Crippen LogP contribution >= 0.6 is 0 Å². The van der Waals surface area contributed by atoms with Crippen molar-refractivity contribution in [3.8, 4) is 0 Å². The summed E-state index contributed by atoms with van der Waals surface area (Å²) in [5.74, 6) is -0.882. The van der Waals surface area contributed by atoms with E-state index in [2.05, 4.69) is 10.3 Å². The van der Waals surface area contributed by atoms with Gasteiger partial charge in [0.15, 0.2) is 6.10 Å². The van der Waals surface area contributed by atoms with Crippen LogP contribution in [0.1, 0.15) is 28.4 Å². The highest BCUT2D eigenvalue weighted by atomic mass is 16.5. The fourth-order valence-corrected chi connectivity index (χ4v) is 2.75. The Morgan fingerprint density at radius 1 is 1.04 bits per heavy atom. The molecule has 3 aromatic rings. The Kier molecular flexibility index (Phi) is 4.57. The van der Waals surface area contributed by atoms with Gasteiger partial charge in [0.25, 0.3) is 5.91 Å². The van der Waals surface area contributed by atoms with E-state index >= 15 is 0 Å². The maximum atomic E-state index is 12.4. The highest BCUT2D eigenvalue weighted by molar-refractivity contribution is 6.05. The number of anilines is 1. The number of carbonyl (C=O) groups is 2. The lowest BCUT2D eigenvalue weighted by molar-refractivity contribution is -0.123. The van der Waals surface area contributed by atoms with E-state index in [4.69, 9.17) is 4.74 Å². The fourth-order valence-electron chi connectivity index (χ4n) is 2.75. The molecule has 1 atom stereocenters. The smallest absolute Gasteiger partial charge is 0.341 e. The number of para-hydroxylation sites is 2. The summed E-state index contributed by atoms with van der Waals surface area (Å²) in [5, 5.41) is 3.62. The normalized spacial score (nSPS) is 12.0. The molecule has 0 fully saturated rings. The van der Waals surface area contributed by atoms with Gasteiger partial charge in [0, 0.05) is 22.8 Å². The molecule has 128 valence electrons. The van der Waals surface area contributed by atoms with Crippen LogP contribution in [0.15, 0.2) is 48.7 Å². The molecule has 0 aliphatic heterocycles. The molecule has 25 heavy (non-hydrogen) atoms. The van der Waals surface area contributed by atoms with Crippen molar-refractivity contribution >= 4 is 28.5 Å². The number of aromatic amines is 1. The third-order valence-electron chi connectivity index (χ3n) is 4.19. The number of H-pyrrole nitrogens is 1. The second-order valence-corrected chi connectivity index (χ2v) is 6.05. The van der Waals surface area contributed by atoms with Crippen LogP contribution in [0.25, 0.3) is 10.9 Å². The quantitative estimate of drug-likeness (QED) is 0.708. The van der Waals surface area contributed by atoms with E-state index in [0.29, 0.717) is 5.56 Å². The molecule has 2 aromatic carbocycles. The van der Waals surface area contributed by atoms with E-state index in [1.807, 2.05) is 56.3 Å². The molecule has 0 saturated heterocycles. The third-order valence-corrected chi connectivity index (χ3v) is 4.19. The molecule has 0 spiro atoms. The Labute approximate surface area is 146 Å². The molecular weight excluding hydrogens is 316 g/mol. The number of ether oxygens (including phenoxy) is 1.